The van der Waals surface area contributed by atoms with Crippen molar-refractivity contribution in [3.8, 4) is 11.5 Å². The summed E-state index contributed by atoms with van der Waals surface area (Å²) in [6, 6.07) is 5.13. The van der Waals surface area contributed by atoms with Gasteiger partial charge in [0.1, 0.15) is 11.5 Å². The molecule has 134 valence electrons. The number of carbonyl (C=O) groups is 1. The first-order chi connectivity index (χ1) is 11.4. The number of ether oxygens (including phenoxy) is 2. The highest BCUT2D eigenvalue weighted by molar-refractivity contribution is 7.89. The number of amides is 1. The smallest absolute Gasteiger partial charge is 0.228 e. The average Bonchev–Trinajstić information content (AvgIpc) is 2.61. The van der Waals surface area contributed by atoms with Gasteiger partial charge in [0.15, 0.2) is 0 Å². The summed E-state index contributed by atoms with van der Waals surface area (Å²) in [7, 11) is -0.210. The predicted molar refractivity (Wildman–Crippen MR) is 91.9 cm³/mol. The molecule has 1 amide bonds. The molecule has 1 aromatic rings. The number of rotatable bonds is 6. The van der Waals surface area contributed by atoms with Crippen LogP contribution in [0, 0.1) is 5.92 Å². The molecule has 8 heteroatoms. The van der Waals surface area contributed by atoms with Crippen LogP contribution >= 0.6 is 0 Å². The maximum Gasteiger partial charge on any atom is 0.228 e. The number of carbonyl (C=O) groups excluding carboxylic acids is 1. The quantitative estimate of drug-likeness (QED) is 0.839. The Morgan fingerprint density at radius 1 is 1.33 bits per heavy atom. The molecule has 1 aliphatic heterocycles. The standard InChI is InChI=1S/C16H24N2O5S/c1-4-24(20,21)18-9-5-6-12(11-18)16(19)17-14-10-13(22-2)7-8-15(14)23-3/h7-8,10,12H,4-6,9,11H2,1-3H3,(H,17,19). The summed E-state index contributed by atoms with van der Waals surface area (Å²) in [5.74, 6) is 0.585. The molecule has 1 fully saturated rings. The van der Waals surface area contributed by atoms with E-state index >= 15 is 0 Å². The van der Waals surface area contributed by atoms with E-state index in [1.807, 2.05) is 0 Å². The van der Waals surface area contributed by atoms with Crippen LogP contribution < -0.4 is 14.8 Å². The van der Waals surface area contributed by atoms with Crippen molar-refractivity contribution in [2.45, 2.75) is 19.8 Å². The molecule has 0 aromatic heterocycles. The van der Waals surface area contributed by atoms with Gasteiger partial charge in [-0.25, -0.2) is 12.7 Å². The van der Waals surface area contributed by atoms with E-state index in [4.69, 9.17) is 9.47 Å². The highest BCUT2D eigenvalue weighted by atomic mass is 32.2. The van der Waals surface area contributed by atoms with E-state index in [1.165, 1.54) is 11.4 Å². The molecular formula is C16H24N2O5S. The molecule has 1 heterocycles. The van der Waals surface area contributed by atoms with E-state index in [0.29, 0.717) is 36.6 Å². The monoisotopic (exact) mass is 356 g/mol. The van der Waals surface area contributed by atoms with E-state index in [9.17, 15) is 13.2 Å². The third kappa shape index (κ3) is 4.18. The summed E-state index contributed by atoms with van der Waals surface area (Å²) in [6.45, 7) is 2.30. The SMILES string of the molecule is CCS(=O)(=O)N1CCCC(C(=O)Nc2cc(OC)ccc2OC)C1. The van der Waals surface area contributed by atoms with Crippen molar-refractivity contribution < 1.29 is 22.7 Å². The van der Waals surface area contributed by atoms with Gasteiger partial charge in [0.25, 0.3) is 0 Å². The van der Waals surface area contributed by atoms with Gasteiger partial charge in [0, 0.05) is 19.2 Å². The third-order valence-electron chi connectivity index (χ3n) is 4.18. The van der Waals surface area contributed by atoms with Crippen LogP contribution in [-0.4, -0.2) is 51.7 Å². The largest absolute Gasteiger partial charge is 0.497 e. The Morgan fingerprint density at radius 3 is 2.71 bits per heavy atom. The zero-order valence-corrected chi connectivity index (χ0v) is 15.1. The summed E-state index contributed by atoms with van der Waals surface area (Å²) in [6.07, 6.45) is 1.33. The van der Waals surface area contributed by atoms with Gasteiger partial charge in [-0.2, -0.15) is 0 Å². The van der Waals surface area contributed by atoms with Gasteiger partial charge in [0.05, 0.1) is 31.6 Å². The van der Waals surface area contributed by atoms with Gasteiger partial charge in [-0.1, -0.05) is 0 Å². The Bertz CT molecular complexity index is 690. The lowest BCUT2D eigenvalue weighted by atomic mass is 9.98. The van der Waals surface area contributed by atoms with Crippen LogP contribution in [0.1, 0.15) is 19.8 Å². The molecule has 0 saturated carbocycles. The third-order valence-corrected chi connectivity index (χ3v) is 6.03. The van der Waals surface area contributed by atoms with Gasteiger partial charge in [-0.3, -0.25) is 4.79 Å². The second-order valence-corrected chi connectivity index (χ2v) is 7.91. The zero-order chi connectivity index (χ0) is 17.7. The second-order valence-electron chi connectivity index (χ2n) is 5.65. The molecule has 1 aromatic carbocycles. The van der Waals surface area contributed by atoms with E-state index in [-0.39, 0.29) is 24.1 Å². The number of methoxy groups -OCH3 is 2. The number of benzene rings is 1. The van der Waals surface area contributed by atoms with Crippen LogP contribution in [0.25, 0.3) is 0 Å². The molecule has 1 saturated heterocycles. The van der Waals surface area contributed by atoms with Crippen molar-refractivity contribution in [1.29, 1.82) is 0 Å². The van der Waals surface area contributed by atoms with Crippen LogP contribution in [0.3, 0.4) is 0 Å². The van der Waals surface area contributed by atoms with Gasteiger partial charge in [-0.05, 0) is 31.9 Å². The van der Waals surface area contributed by atoms with E-state index in [0.717, 1.165) is 0 Å². The molecule has 24 heavy (non-hydrogen) atoms. The molecule has 1 aliphatic rings. The van der Waals surface area contributed by atoms with Crippen LogP contribution in [0.4, 0.5) is 5.69 Å². The van der Waals surface area contributed by atoms with Gasteiger partial charge >= 0.3 is 0 Å². The molecule has 1 atom stereocenters. The van der Waals surface area contributed by atoms with E-state index in [2.05, 4.69) is 5.32 Å². The Kier molecular flexibility index (Phi) is 6.06. The van der Waals surface area contributed by atoms with Crippen molar-refractivity contribution >= 4 is 21.6 Å². The van der Waals surface area contributed by atoms with Crippen molar-refractivity contribution in [3.63, 3.8) is 0 Å². The maximum absolute atomic E-state index is 12.6. The van der Waals surface area contributed by atoms with Crippen molar-refractivity contribution in [2.75, 3.05) is 38.4 Å². The van der Waals surface area contributed by atoms with Crippen LogP contribution in [-0.2, 0) is 14.8 Å². The Morgan fingerprint density at radius 2 is 2.08 bits per heavy atom. The minimum Gasteiger partial charge on any atom is -0.497 e. The van der Waals surface area contributed by atoms with Crippen molar-refractivity contribution in [3.05, 3.63) is 18.2 Å². The Hall–Kier alpha value is -1.80. The number of hydrogen-bond donors (Lipinski definition) is 1. The normalized spacial score (nSPS) is 18.9. The van der Waals surface area contributed by atoms with Crippen LogP contribution in [0.15, 0.2) is 18.2 Å². The summed E-state index contributed by atoms with van der Waals surface area (Å²) in [5, 5.41) is 2.83. The molecule has 0 spiro atoms. The lowest BCUT2D eigenvalue weighted by Crippen LogP contribution is -2.44. The number of piperidine rings is 1. The number of anilines is 1. The number of sulfonamides is 1. The fourth-order valence-electron chi connectivity index (χ4n) is 2.74. The van der Waals surface area contributed by atoms with Crippen molar-refractivity contribution in [1.82, 2.24) is 4.31 Å². The summed E-state index contributed by atoms with van der Waals surface area (Å²) < 4.78 is 35.9. The molecular weight excluding hydrogens is 332 g/mol. The topological polar surface area (TPSA) is 84.9 Å². The summed E-state index contributed by atoms with van der Waals surface area (Å²) in [5.41, 5.74) is 0.511. The lowest BCUT2D eigenvalue weighted by Gasteiger charge is -2.31. The fraction of sp³-hybridized carbons (Fsp3) is 0.562. The molecule has 0 bridgehead atoms. The van der Waals surface area contributed by atoms with E-state index in [1.54, 1.807) is 32.2 Å². The lowest BCUT2D eigenvalue weighted by molar-refractivity contribution is -0.120. The van der Waals surface area contributed by atoms with Gasteiger partial charge in [-0.15, -0.1) is 0 Å². The number of hydrogen-bond acceptors (Lipinski definition) is 5. The summed E-state index contributed by atoms with van der Waals surface area (Å²) in [4.78, 5) is 12.6. The minimum absolute atomic E-state index is 0.0467. The first-order valence-corrected chi connectivity index (χ1v) is 9.53. The van der Waals surface area contributed by atoms with E-state index < -0.39 is 10.0 Å². The molecule has 1 N–H and O–H groups in total. The van der Waals surface area contributed by atoms with Crippen molar-refractivity contribution in [2.24, 2.45) is 5.92 Å². The highest BCUT2D eigenvalue weighted by Crippen LogP contribution is 2.30. The zero-order valence-electron chi connectivity index (χ0n) is 14.2. The minimum atomic E-state index is -3.28. The molecule has 7 nitrogen and oxygen atoms in total. The maximum atomic E-state index is 12.6. The second kappa shape index (κ2) is 7.85. The Labute approximate surface area is 143 Å². The van der Waals surface area contributed by atoms with Crippen LogP contribution in [0.2, 0.25) is 0 Å². The predicted octanol–water partition coefficient (Wildman–Crippen LogP) is 1.70. The first-order valence-electron chi connectivity index (χ1n) is 7.92. The number of nitrogens with one attached hydrogen (secondary N) is 1. The van der Waals surface area contributed by atoms with Crippen LogP contribution in [0.5, 0.6) is 11.5 Å². The van der Waals surface area contributed by atoms with Gasteiger partial charge < -0.3 is 14.8 Å². The molecule has 2 rings (SSSR count). The highest BCUT2D eigenvalue weighted by Gasteiger charge is 2.31. The molecule has 1 unspecified atom stereocenters. The first kappa shape index (κ1) is 18.5. The van der Waals surface area contributed by atoms with Gasteiger partial charge in [0.2, 0.25) is 15.9 Å². The molecule has 0 aliphatic carbocycles. The average molecular weight is 356 g/mol. The molecule has 0 radical (unpaired) electrons. The Balaban J connectivity index is 2.12. The number of nitrogens with zero attached hydrogens (tertiary/aromatic N) is 1. The summed E-state index contributed by atoms with van der Waals surface area (Å²) >= 11 is 0. The fourth-order valence-corrected chi connectivity index (χ4v) is 3.92.